The highest BCUT2D eigenvalue weighted by molar-refractivity contribution is 6.06. The monoisotopic (exact) mass is 385 g/mol. The lowest BCUT2D eigenvalue weighted by Crippen LogP contribution is -2.31. The molecule has 0 fully saturated rings. The average molecular weight is 385 g/mol. The van der Waals surface area contributed by atoms with Crippen LogP contribution in [0.3, 0.4) is 0 Å². The van der Waals surface area contributed by atoms with Gasteiger partial charge in [-0.15, -0.1) is 0 Å². The number of hydrogen-bond donors (Lipinski definition) is 1. The Morgan fingerprint density at radius 3 is 2.69 bits per heavy atom. The summed E-state index contributed by atoms with van der Waals surface area (Å²) in [5, 5.41) is 0.981. The Labute approximate surface area is 167 Å². The summed E-state index contributed by atoms with van der Waals surface area (Å²) in [5.41, 5.74) is 8.61. The lowest BCUT2D eigenvalue weighted by Gasteiger charge is -2.24. The predicted molar refractivity (Wildman–Crippen MR) is 112 cm³/mol. The summed E-state index contributed by atoms with van der Waals surface area (Å²) in [5.74, 6) is 0.768. The van der Waals surface area contributed by atoms with Gasteiger partial charge in [0, 0.05) is 24.0 Å². The fraction of sp³-hybridized carbons (Fsp3) is 0.0909. The maximum Gasteiger partial charge on any atom is 0.260 e. The number of anilines is 2. The van der Waals surface area contributed by atoms with Gasteiger partial charge in [0.25, 0.3) is 5.91 Å². The molecule has 4 rings (SSSR count). The summed E-state index contributed by atoms with van der Waals surface area (Å²) in [6.45, 7) is 0.320. The molecule has 0 saturated carbocycles. The van der Waals surface area contributed by atoms with Gasteiger partial charge in [0.15, 0.2) is 5.75 Å². The van der Waals surface area contributed by atoms with E-state index in [4.69, 9.17) is 10.5 Å². The van der Waals surface area contributed by atoms with Crippen LogP contribution >= 0.6 is 0 Å². The Bertz CT molecular complexity index is 1160. The highest BCUT2D eigenvalue weighted by atomic mass is 16.5. The highest BCUT2D eigenvalue weighted by Gasteiger charge is 2.22. The molecule has 0 saturated heterocycles. The molecule has 0 aliphatic rings. The number of benzene rings is 1. The van der Waals surface area contributed by atoms with Gasteiger partial charge in [-0.05, 0) is 42.0 Å². The van der Waals surface area contributed by atoms with Crippen molar-refractivity contribution in [2.45, 2.75) is 6.54 Å². The van der Waals surface area contributed by atoms with Gasteiger partial charge in [-0.25, -0.2) is 4.98 Å². The Morgan fingerprint density at radius 2 is 1.90 bits per heavy atom. The normalized spacial score (nSPS) is 10.7. The molecule has 3 aromatic heterocycles. The van der Waals surface area contributed by atoms with E-state index < -0.39 is 0 Å². The first kappa shape index (κ1) is 18.4. The summed E-state index contributed by atoms with van der Waals surface area (Å²) in [7, 11) is 1.55. The van der Waals surface area contributed by atoms with Crippen molar-refractivity contribution in [2.24, 2.45) is 0 Å². The maximum absolute atomic E-state index is 13.3. The maximum atomic E-state index is 13.3. The smallest absolute Gasteiger partial charge is 0.260 e. The Kier molecular flexibility index (Phi) is 5.03. The third kappa shape index (κ3) is 3.84. The van der Waals surface area contributed by atoms with Gasteiger partial charge < -0.3 is 15.4 Å². The second-order valence-corrected chi connectivity index (χ2v) is 6.44. The number of nitrogens with zero attached hydrogens (tertiary/aromatic N) is 4. The number of nitrogens with two attached hydrogens (primary N) is 1. The predicted octanol–water partition coefficient (Wildman–Crippen LogP) is 3.46. The number of fused-ring (bicyclic) bond motifs is 1. The van der Waals surface area contributed by atoms with Crippen molar-refractivity contribution in [1.82, 2.24) is 15.0 Å². The van der Waals surface area contributed by atoms with E-state index in [0.717, 1.165) is 16.5 Å². The van der Waals surface area contributed by atoms with Crippen LogP contribution in [0, 0.1) is 0 Å². The molecule has 7 heteroatoms. The summed E-state index contributed by atoms with van der Waals surface area (Å²) in [4.78, 5) is 27.5. The number of hydrogen-bond acceptors (Lipinski definition) is 6. The van der Waals surface area contributed by atoms with Crippen molar-refractivity contribution in [3.63, 3.8) is 0 Å². The molecule has 0 spiro atoms. The summed E-state index contributed by atoms with van der Waals surface area (Å²) >= 11 is 0. The standard InChI is InChI=1S/C22H19N5O2/c1-29-20-13-25-10-8-19(20)27(22(28)17-3-2-9-24-12-17)14-15-4-5-16-6-7-21(23)26-18(16)11-15/h2-13H,14H2,1H3,(H2,23,26). The minimum absolute atomic E-state index is 0.191. The van der Waals surface area contributed by atoms with Crippen LogP contribution in [-0.4, -0.2) is 28.0 Å². The van der Waals surface area contributed by atoms with Gasteiger partial charge in [-0.2, -0.15) is 0 Å². The second kappa shape index (κ2) is 7.93. The lowest BCUT2D eigenvalue weighted by molar-refractivity contribution is 0.0984. The topological polar surface area (TPSA) is 94.2 Å². The summed E-state index contributed by atoms with van der Waals surface area (Å²) in [6, 6.07) is 14.8. The molecule has 0 unspecified atom stereocenters. The van der Waals surface area contributed by atoms with Gasteiger partial charge in [0.05, 0.1) is 36.6 Å². The molecule has 0 aliphatic carbocycles. The van der Waals surface area contributed by atoms with Crippen LogP contribution in [0.5, 0.6) is 5.75 Å². The zero-order chi connectivity index (χ0) is 20.2. The van der Waals surface area contributed by atoms with E-state index in [9.17, 15) is 4.79 Å². The number of pyridine rings is 3. The van der Waals surface area contributed by atoms with Crippen molar-refractivity contribution >= 4 is 28.3 Å². The van der Waals surface area contributed by atoms with Gasteiger partial charge in [0.2, 0.25) is 0 Å². The van der Waals surface area contributed by atoms with Crippen molar-refractivity contribution in [2.75, 3.05) is 17.7 Å². The van der Waals surface area contributed by atoms with Gasteiger partial charge in [-0.3, -0.25) is 14.8 Å². The number of methoxy groups -OCH3 is 1. The lowest BCUT2D eigenvalue weighted by atomic mass is 10.1. The number of aromatic nitrogens is 3. The first-order chi connectivity index (χ1) is 14.2. The first-order valence-electron chi connectivity index (χ1n) is 9.01. The minimum atomic E-state index is -0.191. The largest absolute Gasteiger partial charge is 0.493 e. The quantitative estimate of drug-likeness (QED) is 0.565. The van der Waals surface area contributed by atoms with E-state index in [-0.39, 0.29) is 5.91 Å². The molecule has 29 heavy (non-hydrogen) atoms. The Balaban J connectivity index is 1.77. The highest BCUT2D eigenvalue weighted by Crippen LogP contribution is 2.30. The summed E-state index contributed by atoms with van der Waals surface area (Å²) < 4.78 is 5.44. The van der Waals surface area contributed by atoms with E-state index in [2.05, 4.69) is 15.0 Å². The average Bonchev–Trinajstić information content (AvgIpc) is 2.77. The van der Waals surface area contributed by atoms with E-state index in [0.29, 0.717) is 29.4 Å². The molecule has 4 aromatic rings. The van der Waals surface area contributed by atoms with E-state index in [1.165, 1.54) is 0 Å². The number of carbonyl (C=O) groups is 1. The molecule has 0 radical (unpaired) electrons. The zero-order valence-corrected chi connectivity index (χ0v) is 15.8. The van der Waals surface area contributed by atoms with Crippen LogP contribution in [0.4, 0.5) is 11.5 Å². The molecule has 3 heterocycles. The van der Waals surface area contributed by atoms with Gasteiger partial charge in [0.1, 0.15) is 5.82 Å². The van der Waals surface area contributed by atoms with Crippen LogP contribution < -0.4 is 15.4 Å². The van der Waals surface area contributed by atoms with Crippen LogP contribution in [0.15, 0.2) is 73.3 Å². The van der Waals surface area contributed by atoms with Crippen molar-refractivity contribution in [3.8, 4) is 5.75 Å². The number of nitrogen functional groups attached to an aromatic ring is 1. The van der Waals surface area contributed by atoms with Crippen molar-refractivity contribution in [1.29, 1.82) is 0 Å². The molecule has 0 atom stereocenters. The SMILES string of the molecule is COc1cnccc1N(Cc1ccc2ccc(N)nc2c1)C(=O)c1cccnc1. The molecule has 1 aromatic carbocycles. The molecule has 0 bridgehead atoms. The number of rotatable bonds is 5. The fourth-order valence-electron chi connectivity index (χ4n) is 3.12. The van der Waals surface area contributed by atoms with Crippen LogP contribution in [0.1, 0.15) is 15.9 Å². The van der Waals surface area contributed by atoms with Crippen LogP contribution in [-0.2, 0) is 6.54 Å². The van der Waals surface area contributed by atoms with Crippen molar-refractivity contribution in [3.05, 3.63) is 84.4 Å². The molecule has 144 valence electrons. The zero-order valence-electron chi connectivity index (χ0n) is 15.8. The third-order valence-corrected chi connectivity index (χ3v) is 4.55. The fourth-order valence-corrected chi connectivity index (χ4v) is 3.12. The second-order valence-electron chi connectivity index (χ2n) is 6.44. The number of amides is 1. The van der Waals surface area contributed by atoms with Gasteiger partial charge >= 0.3 is 0 Å². The van der Waals surface area contributed by atoms with Crippen LogP contribution in [0.25, 0.3) is 10.9 Å². The van der Waals surface area contributed by atoms with E-state index in [1.54, 1.807) is 61.1 Å². The summed E-state index contributed by atoms with van der Waals surface area (Å²) in [6.07, 6.45) is 6.39. The molecular weight excluding hydrogens is 366 g/mol. The van der Waals surface area contributed by atoms with Crippen molar-refractivity contribution < 1.29 is 9.53 Å². The number of carbonyl (C=O) groups excluding carboxylic acids is 1. The minimum Gasteiger partial charge on any atom is -0.493 e. The Morgan fingerprint density at radius 1 is 1.07 bits per heavy atom. The first-order valence-corrected chi connectivity index (χ1v) is 9.01. The molecule has 7 nitrogen and oxygen atoms in total. The third-order valence-electron chi connectivity index (χ3n) is 4.55. The Hall–Kier alpha value is -4.00. The molecule has 1 amide bonds. The van der Waals surface area contributed by atoms with Crippen LogP contribution in [0.2, 0.25) is 0 Å². The van der Waals surface area contributed by atoms with Gasteiger partial charge in [-0.1, -0.05) is 12.1 Å². The van der Waals surface area contributed by atoms with E-state index >= 15 is 0 Å². The molecule has 0 aliphatic heterocycles. The molecular formula is C22H19N5O2. The van der Waals surface area contributed by atoms with E-state index in [1.807, 2.05) is 24.3 Å². The molecule has 2 N–H and O–H groups in total. The number of ether oxygens (including phenoxy) is 1.